The van der Waals surface area contributed by atoms with Gasteiger partial charge in [0.2, 0.25) is 11.4 Å². The SMILES string of the molecule is O=S(=O)(O)CCCN1/C(=C/c2sc3ccc(Cl)cc3[n+]2CCCS(=O)(=O)O)Oc2ccc(-n3cccc3)cc21. The molecular weight excluding hydrogens is 586 g/mol. The molecule has 3 heterocycles. The minimum Gasteiger partial charge on any atom is -0.438 e. The zero-order valence-corrected chi connectivity index (χ0v) is 23.7. The Morgan fingerprint density at radius 1 is 0.974 bits per heavy atom. The quantitative estimate of drug-likeness (QED) is 0.200. The van der Waals surface area contributed by atoms with Crippen molar-refractivity contribution in [3.8, 4) is 11.4 Å². The molecule has 0 unspecified atom stereocenters. The van der Waals surface area contributed by atoms with E-state index < -0.39 is 26.0 Å². The fourth-order valence-electron chi connectivity index (χ4n) is 4.42. The largest absolute Gasteiger partial charge is 0.438 e. The summed E-state index contributed by atoms with van der Waals surface area (Å²) in [5.41, 5.74) is 2.43. The Hall–Kier alpha value is -2.94. The van der Waals surface area contributed by atoms with E-state index >= 15 is 0 Å². The van der Waals surface area contributed by atoms with Gasteiger partial charge in [0.25, 0.3) is 25.2 Å². The highest BCUT2D eigenvalue weighted by Crippen LogP contribution is 2.41. The van der Waals surface area contributed by atoms with Crippen LogP contribution >= 0.6 is 22.9 Å². The summed E-state index contributed by atoms with van der Waals surface area (Å²) in [6, 6.07) is 14.9. The third-order valence-electron chi connectivity index (χ3n) is 6.12. The van der Waals surface area contributed by atoms with Gasteiger partial charge in [-0.2, -0.15) is 21.4 Å². The zero-order chi connectivity index (χ0) is 27.8. The highest BCUT2D eigenvalue weighted by Gasteiger charge is 2.30. The topological polar surface area (TPSA) is 130 Å². The maximum Gasteiger partial charge on any atom is 0.268 e. The summed E-state index contributed by atoms with van der Waals surface area (Å²) in [5.74, 6) is 0.248. The van der Waals surface area contributed by atoms with Gasteiger partial charge in [-0.15, -0.1) is 0 Å². The molecule has 0 atom stereocenters. The summed E-state index contributed by atoms with van der Waals surface area (Å²) in [5, 5.41) is 1.27. The Morgan fingerprint density at radius 3 is 2.41 bits per heavy atom. The summed E-state index contributed by atoms with van der Waals surface area (Å²) in [7, 11) is -8.26. The highest BCUT2D eigenvalue weighted by atomic mass is 35.5. The maximum absolute atomic E-state index is 11.4. The van der Waals surface area contributed by atoms with E-state index in [-0.39, 0.29) is 25.1 Å². The molecule has 4 aromatic rings. The van der Waals surface area contributed by atoms with Crippen LogP contribution in [0.4, 0.5) is 5.69 Å². The van der Waals surface area contributed by atoms with E-state index in [1.54, 1.807) is 12.1 Å². The molecule has 2 aromatic heterocycles. The Bertz CT molecular complexity index is 1770. The van der Waals surface area contributed by atoms with Crippen molar-refractivity contribution in [2.75, 3.05) is 23.0 Å². The highest BCUT2D eigenvalue weighted by molar-refractivity contribution is 7.86. The third-order valence-corrected chi connectivity index (χ3v) is 9.08. The predicted molar refractivity (Wildman–Crippen MR) is 151 cm³/mol. The average Bonchev–Trinajstić information content (AvgIpc) is 3.57. The molecule has 0 radical (unpaired) electrons. The summed E-state index contributed by atoms with van der Waals surface area (Å²) in [4.78, 5) is 1.85. The molecule has 0 saturated carbocycles. The second-order valence-electron chi connectivity index (χ2n) is 8.96. The fraction of sp³-hybridized carbons (Fsp3) is 0.240. The lowest BCUT2D eigenvalue weighted by atomic mass is 10.2. The number of rotatable bonds is 10. The van der Waals surface area contributed by atoms with Crippen LogP contribution in [0, 0.1) is 0 Å². The molecule has 0 saturated heterocycles. The van der Waals surface area contributed by atoms with Crippen LogP contribution in [0.2, 0.25) is 5.02 Å². The first-order chi connectivity index (χ1) is 18.5. The first-order valence-corrected chi connectivity index (χ1v) is 16.3. The molecule has 10 nitrogen and oxygen atoms in total. The van der Waals surface area contributed by atoms with Gasteiger partial charge < -0.3 is 14.2 Å². The lowest BCUT2D eigenvalue weighted by Gasteiger charge is -2.18. The number of hydrogen-bond donors (Lipinski definition) is 2. The minimum atomic E-state index is -4.14. The van der Waals surface area contributed by atoms with Crippen LogP contribution in [0.3, 0.4) is 0 Å². The summed E-state index contributed by atoms with van der Waals surface area (Å²) in [6.45, 7) is 0.556. The first-order valence-electron chi connectivity index (χ1n) is 11.9. The van der Waals surface area contributed by atoms with Crippen LogP contribution in [0.1, 0.15) is 17.8 Å². The van der Waals surface area contributed by atoms with Crippen LogP contribution in [-0.4, -0.2) is 48.6 Å². The Labute approximate surface area is 234 Å². The Kier molecular flexibility index (Phi) is 7.73. The van der Waals surface area contributed by atoms with E-state index in [0.717, 1.165) is 26.6 Å². The van der Waals surface area contributed by atoms with Crippen LogP contribution in [0.25, 0.3) is 22.0 Å². The first kappa shape index (κ1) is 27.6. The second kappa shape index (κ2) is 10.9. The molecule has 206 valence electrons. The predicted octanol–water partition coefficient (Wildman–Crippen LogP) is 4.39. The van der Waals surface area contributed by atoms with Gasteiger partial charge in [0, 0.05) is 42.1 Å². The molecule has 0 amide bonds. The average molecular weight is 611 g/mol. The van der Waals surface area contributed by atoms with E-state index in [2.05, 4.69) is 0 Å². The normalized spacial score (nSPS) is 14.7. The van der Waals surface area contributed by atoms with Crippen molar-refractivity contribution in [3.63, 3.8) is 0 Å². The molecule has 0 bridgehead atoms. The van der Waals surface area contributed by atoms with Gasteiger partial charge in [0.05, 0.1) is 23.3 Å². The van der Waals surface area contributed by atoms with Gasteiger partial charge in [0.1, 0.15) is 4.70 Å². The summed E-state index contributed by atoms with van der Waals surface area (Å²) < 4.78 is 74.9. The lowest BCUT2D eigenvalue weighted by molar-refractivity contribution is -0.668. The van der Waals surface area contributed by atoms with Gasteiger partial charge in [-0.05, 0) is 48.9 Å². The third kappa shape index (κ3) is 6.62. The van der Waals surface area contributed by atoms with Gasteiger partial charge in [-0.1, -0.05) is 22.9 Å². The molecule has 0 fully saturated rings. The van der Waals surface area contributed by atoms with Gasteiger partial charge in [-0.3, -0.25) is 9.11 Å². The molecular formula is C25H25ClN3O7S3+. The van der Waals surface area contributed by atoms with E-state index in [9.17, 15) is 25.9 Å². The molecule has 1 aliphatic rings. The van der Waals surface area contributed by atoms with E-state index in [1.165, 1.54) is 11.3 Å². The molecule has 0 aliphatic carbocycles. The number of aryl methyl sites for hydroxylation is 1. The number of halogens is 1. The van der Waals surface area contributed by atoms with Crippen molar-refractivity contribution < 1.29 is 35.2 Å². The van der Waals surface area contributed by atoms with E-state index in [1.807, 2.05) is 68.9 Å². The number of aromatic nitrogens is 2. The lowest BCUT2D eigenvalue weighted by Crippen LogP contribution is -2.36. The molecule has 2 N–H and O–H groups in total. The number of nitrogens with zero attached hydrogens (tertiary/aromatic N) is 3. The fourth-order valence-corrected chi connectivity index (χ4v) is 6.67. The molecule has 2 aromatic carbocycles. The maximum atomic E-state index is 11.4. The van der Waals surface area contributed by atoms with Crippen molar-refractivity contribution >= 4 is 65.2 Å². The molecule has 0 spiro atoms. The molecule has 1 aliphatic heterocycles. The number of hydrogen-bond acceptors (Lipinski definition) is 7. The smallest absolute Gasteiger partial charge is 0.268 e. The number of ether oxygens (including phenoxy) is 1. The monoisotopic (exact) mass is 610 g/mol. The Morgan fingerprint density at radius 2 is 1.69 bits per heavy atom. The zero-order valence-electron chi connectivity index (χ0n) is 20.5. The van der Waals surface area contributed by atoms with Crippen molar-refractivity contribution in [2.45, 2.75) is 19.4 Å². The van der Waals surface area contributed by atoms with Crippen LogP contribution in [0.5, 0.6) is 5.75 Å². The van der Waals surface area contributed by atoms with Crippen LogP contribution in [0.15, 0.2) is 66.8 Å². The van der Waals surface area contributed by atoms with Crippen molar-refractivity contribution in [2.24, 2.45) is 0 Å². The number of fused-ring (bicyclic) bond motifs is 2. The summed E-state index contributed by atoms with van der Waals surface area (Å²) >= 11 is 7.70. The minimum absolute atomic E-state index is 0.156. The molecule has 39 heavy (non-hydrogen) atoms. The van der Waals surface area contributed by atoms with E-state index in [0.29, 0.717) is 23.2 Å². The van der Waals surface area contributed by atoms with Crippen molar-refractivity contribution in [1.82, 2.24) is 4.57 Å². The Balaban J connectivity index is 1.55. The van der Waals surface area contributed by atoms with Gasteiger partial charge in [-0.25, -0.2) is 0 Å². The molecule has 14 heteroatoms. The summed E-state index contributed by atoms with van der Waals surface area (Å²) in [6.07, 6.45) is 5.97. The van der Waals surface area contributed by atoms with Crippen LogP contribution in [-0.2, 0) is 26.8 Å². The van der Waals surface area contributed by atoms with E-state index in [4.69, 9.17) is 16.3 Å². The van der Waals surface area contributed by atoms with Crippen LogP contribution < -0.4 is 14.2 Å². The second-order valence-corrected chi connectivity index (χ2v) is 13.6. The number of benzene rings is 2. The van der Waals surface area contributed by atoms with Crippen molar-refractivity contribution in [3.05, 3.63) is 76.8 Å². The molecule has 5 rings (SSSR count). The number of anilines is 1. The van der Waals surface area contributed by atoms with Crippen molar-refractivity contribution in [1.29, 1.82) is 0 Å². The number of thiazole rings is 1. The standard InChI is InChI=1S/C25H24ClN3O7S3/c26-18-5-8-23-21(15-18)29(12-4-14-39(33,34)35)25(37-23)17-24-28(11-3-13-38(30,31)32)20-16-19(6-7-22(20)36-24)27-9-1-2-10-27/h1-2,5-10,15-17H,3-4,11-14H2,(H-,30,31,32,33,34,35)/p+1. The van der Waals surface area contributed by atoms with Gasteiger partial charge >= 0.3 is 0 Å². The van der Waals surface area contributed by atoms with Gasteiger partial charge in [0.15, 0.2) is 12.3 Å².